The molecule has 1 fully saturated rings. The summed E-state index contributed by atoms with van der Waals surface area (Å²) in [5.41, 5.74) is 1.14. The highest BCUT2D eigenvalue weighted by Crippen LogP contribution is 2.31. The van der Waals surface area contributed by atoms with E-state index in [4.69, 9.17) is 4.42 Å². The van der Waals surface area contributed by atoms with E-state index in [9.17, 15) is 5.11 Å². The van der Waals surface area contributed by atoms with Crippen molar-refractivity contribution in [3.63, 3.8) is 0 Å². The summed E-state index contributed by atoms with van der Waals surface area (Å²) in [5, 5.41) is 12.6. The molecule has 13 heavy (non-hydrogen) atoms. The van der Waals surface area contributed by atoms with Gasteiger partial charge in [0.2, 0.25) is 0 Å². The molecule has 0 aliphatic heterocycles. The molecule has 1 saturated carbocycles. The molecule has 0 radical (unpaired) electrons. The minimum absolute atomic E-state index is 0.00271. The summed E-state index contributed by atoms with van der Waals surface area (Å²) in [7, 11) is 0. The lowest BCUT2D eigenvalue weighted by molar-refractivity contribution is 0.0871. The minimum atomic E-state index is -0.00271. The van der Waals surface area contributed by atoms with E-state index < -0.39 is 0 Å². The maximum atomic E-state index is 9.18. The molecule has 0 atom stereocenters. The Morgan fingerprint density at radius 1 is 1.54 bits per heavy atom. The van der Waals surface area contributed by atoms with Gasteiger partial charge in [-0.1, -0.05) is 0 Å². The van der Waals surface area contributed by atoms with E-state index in [1.807, 2.05) is 6.07 Å². The molecule has 0 bridgehead atoms. The number of hydrogen-bond acceptors (Lipinski definition) is 3. The fourth-order valence-electron chi connectivity index (χ4n) is 1.68. The van der Waals surface area contributed by atoms with Crippen molar-refractivity contribution in [1.82, 2.24) is 5.32 Å². The molecule has 1 aromatic rings. The number of nitrogens with one attached hydrogen (secondary N) is 1. The third-order valence-electron chi connectivity index (χ3n) is 2.86. The van der Waals surface area contributed by atoms with Crippen LogP contribution in [0.3, 0.4) is 0 Å². The Labute approximate surface area is 77.8 Å². The predicted molar refractivity (Wildman–Crippen MR) is 49.2 cm³/mol. The summed E-state index contributed by atoms with van der Waals surface area (Å²) in [4.78, 5) is 0. The summed E-state index contributed by atoms with van der Waals surface area (Å²) in [6, 6.07) is 1.94. The van der Waals surface area contributed by atoms with Crippen molar-refractivity contribution in [2.45, 2.75) is 31.3 Å². The molecule has 2 N–H and O–H groups in total. The predicted octanol–water partition coefficient (Wildman–Crippen LogP) is 1.28. The van der Waals surface area contributed by atoms with Crippen molar-refractivity contribution in [3.8, 4) is 0 Å². The first-order chi connectivity index (χ1) is 6.35. The lowest BCUT2D eigenvalue weighted by Crippen LogP contribution is -2.53. The normalized spacial score (nSPS) is 19.8. The van der Waals surface area contributed by atoms with Crippen molar-refractivity contribution >= 4 is 0 Å². The fraction of sp³-hybridized carbons (Fsp3) is 0.600. The largest absolute Gasteiger partial charge is 0.472 e. The van der Waals surface area contributed by atoms with Crippen LogP contribution in [0, 0.1) is 0 Å². The molecular weight excluding hydrogens is 166 g/mol. The van der Waals surface area contributed by atoms with Crippen LogP contribution in [0.1, 0.15) is 24.8 Å². The van der Waals surface area contributed by atoms with Crippen molar-refractivity contribution < 1.29 is 9.52 Å². The van der Waals surface area contributed by atoms with Crippen LogP contribution >= 0.6 is 0 Å². The van der Waals surface area contributed by atoms with E-state index in [0.717, 1.165) is 24.9 Å². The van der Waals surface area contributed by atoms with Gasteiger partial charge in [-0.25, -0.2) is 0 Å². The van der Waals surface area contributed by atoms with Gasteiger partial charge in [0.15, 0.2) is 0 Å². The summed E-state index contributed by atoms with van der Waals surface area (Å²) >= 11 is 0. The SMILES string of the molecule is OCC1(NCc2ccoc2)CCC1. The van der Waals surface area contributed by atoms with E-state index in [0.29, 0.717) is 0 Å². The van der Waals surface area contributed by atoms with Crippen molar-refractivity contribution in [2.75, 3.05) is 6.61 Å². The Balaban J connectivity index is 1.84. The van der Waals surface area contributed by atoms with Crippen LogP contribution in [-0.2, 0) is 6.54 Å². The number of hydrogen-bond donors (Lipinski definition) is 2. The van der Waals surface area contributed by atoms with Gasteiger partial charge >= 0.3 is 0 Å². The highest BCUT2D eigenvalue weighted by Gasteiger charge is 2.35. The van der Waals surface area contributed by atoms with Crippen LogP contribution in [0.5, 0.6) is 0 Å². The van der Waals surface area contributed by atoms with E-state index in [-0.39, 0.29) is 12.1 Å². The maximum absolute atomic E-state index is 9.18. The number of furan rings is 1. The summed E-state index contributed by atoms with van der Waals surface area (Å²) in [6.45, 7) is 1.03. The van der Waals surface area contributed by atoms with Crippen LogP contribution in [0.2, 0.25) is 0 Å². The lowest BCUT2D eigenvalue weighted by Gasteiger charge is -2.41. The van der Waals surface area contributed by atoms with E-state index in [1.54, 1.807) is 12.5 Å². The van der Waals surface area contributed by atoms with Crippen LogP contribution in [-0.4, -0.2) is 17.3 Å². The standard InChI is InChI=1S/C10H15NO2/c12-8-10(3-1-4-10)11-6-9-2-5-13-7-9/h2,5,7,11-12H,1,3-4,6,8H2. The van der Waals surface area contributed by atoms with Gasteiger partial charge in [-0.15, -0.1) is 0 Å². The van der Waals surface area contributed by atoms with Crippen LogP contribution < -0.4 is 5.32 Å². The molecule has 3 nitrogen and oxygen atoms in total. The second-order valence-electron chi connectivity index (χ2n) is 3.78. The lowest BCUT2D eigenvalue weighted by atomic mass is 9.77. The molecule has 0 amide bonds. The number of rotatable bonds is 4. The average molecular weight is 181 g/mol. The minimum Gasteiger partial charge on any atom is -0.472 e. The van der Waals surface area contributed by atoms with Gasteiger partial charge in [-0.2, -0.15) is 0 Å². The Kier molecular flexibility index (Phi) is 2.38. The van der Waals surface area contributed by atoms with Gasteiger partial charge in [0, 0.05) is 17.6 Å². The van der Waals surface area contributed by atoms with Gasteiger partial charge in [0.1, 0.15) is 0 Å². The summed E-state index contributed by atoms with van der Waals surface area (Å²) in [5.74, 6) is 0. The molecular formula is C10H15NO2. The van der Waals surface area contributed by atoms with Gasteiger partial charge in [-0.05, 0) is 25.3 Å². The van der Waals surface area contributed by atoms with E-state index in [1.165, 1.54) is 6.42 Å². The Hall–Kier alpha value is -0.800. The van der Waals surface area contributed by atoms with Gasteiger partial charge in [0.05, 0.1) is 19.1 Å². The molecule has 2 rings (SSSR count). The topological polar surface area (TPSA) is 45.4 Å². The van der Waals surface area contributed by atoms with Gasteiger partial charge in [0.25, 0.3) is 0 Å². The Morgan fingerprint density at radius 2 is 2.38 bits per heavy atom. The zero-order valence-corrected chi connectivity index (χ0v) is 7.62. The molecule has 0 unspecified atom stereocenters. The quantitative estimate of drug-likeness (QED) is 0.735. The Morgan fingerprint density at radius 3 is 2.85 bits per heavy atom. The van der Waals surface area contributed by atoms with Crippen molar-refractivity contribution in [1.29, 1.82) is 0 Å². The monoisotopic (exact) mass is 181 g/mol. The zero-order valence-electron chi connectivity index (χ0n) is 7.62. The van der Waals surface area contributed by atoms with Crippen molar-refractivity contribution in [2.24, 2.45) is 0 Å². The van der Waals surface area contributed by atoms with Crippen LogP contribution in [0.25, 0.3) is 0 Å². The summed E-state index contributed by atoms with van der Waals surface area (Å²) < 4.78 is 4.96. The fourth-order valence-corrected chi connectivity index (χ4v) is 1.68. The first-order valence-corrected chi connectivity index (χ1v) is 4.72. The molecule has 0 spiro atoms. The second kappa shape index (κ2) is 3.52. The Bertz CT molecular complexity index is 246. The molecule has 72 valence electrons. The van der Waals surface area contributed by atoms with Crippen LogP contribution in [0.4, 0.5) is 0 Å². The second-order valence-corrected chi connectivity index (χ2v) is 3.78. The van der Waals surface area contributed by atoms with Crippen LogP contribution in [0.15, 0.2) is 23.0 Å². The third kappa shape index (κ3) is 1.76. The van der Waals surface area contributed by atoms with Crippen molar-refractivity contribution in [3.05, 3.63) is 24.2 Å². The van der Waals surface area contributed by atoms with Gasteiger partial charge < -0.3 is 14.8 Å². The smallest absolute Gasteiger partial charge is 0.0947 e. The maximum Gasteiger partial charge on any atom is 0.0947 e. The zero-order chi connectivity index (χ0) is 9.15. The molecule has 1 aromatic heterocycles. The molecule has 1 aliphatic carbocycles. The third-order valence-corrected chi connectivity index (χ3v) is 2.86. The van der Waals surface area contributed by atoms with E-state index >= 15 is 0 Å². The summed E-state index contributed by atoms with van der Waals surface area (Å²) in [6.07, 6.45) is 6.79. The number of aliphatic hydroxyl groups is 1. The highest BCUT2D eigenvalue weighted by atomic mass is 16.3. The van der Waals surface area contributed by atoms with E-state index in [2.05, 4.69) is 5.32 Å². The van der Waals surface area contributed by atoms with Gasteiger partial charge in [-0.3, -0.25) is 0 Å². The average Bonchev–Trinajstić information content (AvgIpc) is 2.56. The first kappa shape index (κ1) is 8.78. The number of aliphatic hydroxyl groups excluding tert-OH is 1. The molecule has 1 heterocycles. The first-order valence-electron chi connectivity index (χ1n) is 4.72. The molecule has 3 heteroatoms. The molecule has 0 saturated heterocycles. The molecule has 1 aliphatic rings. The highest BCUT2D eigenvalue weighted by molar-refractivity contribution is 5.07. The molecule has 0 aromatic carbocycles.